The fraction of sp³-hybridized carbons (Fsp3) is 0.850. The van der Waals surface area contributed by atoms with Crippen molar-refractivity contribution in [3.8, 4) is 0 Å². The minimum absolute atomic E-state index is 0.0568. The lowest BCUT2D eigenvalue weighted by molar-refractivity contribution is -0.173. The first kappa shape index (κ1) is 22.2. The first-order chi connectivity index (χ1) is 11.0. The van der Waals surface area contributed by atoms with Crippen molar-refractivity contribution >= 4 is 5.97 Å². The first-order valence-electron chi connectivity index (χ1n) is 9.57. The number of carbonyl (C=O) groups is 1. The van der Waals surface area contributed by atoms with Gasteiger partial charge in [0, 0.05) is 11.5 Å². The Bertz CT molecular complexity index is 312. The quantitative estimate of drug-likeness (QED) is 0.180. The van der Waals surface area contributed by atoms with Crippen LogP contribution < -0.4 is 0 Å². The summed E-state index contributed by atoms with van der Waals surface area (Å²) in [6.07, 6.45) is 13.0. The number of carbonyl (C=O) groups excluding carboxylic acids is 1. The van der Waals surface area contributed by atoms with Gasteiger partial charge in [0.15, 0.2) is 0 Å². The van der Waals surface area contributed by atoms with Gasteiger partial charge in [-0.2, -0.15) is 0 Å². The molecule has 0 aliphatic carbocycles. The summed E-state index contributed by atoms with van der Waals surface area (Å²) in [4.78, 5) is 11.6. The number of aliphatic hydroxyl groups is 1. The van der Waals surface area contributed by atoms with E-state index < -0.39 is 12.3 Å². The van der Waals surface area contributed by atoms with Gasteiger partial charge in [-0.3, -0.25) is 0 Å². The second-order valence-electron chi connectivity index (χ2n) is 6.74. The Balaban J connectivity index is 4.20. The van der Waals surface area contributed by atoms with Crippen molar-refractivity contribution in [1.82, 2.24) is 0 Å². The Morgan fingerprint density at radius 2 is 1.35 bits per heavy atom. The third-order valence-corrected chi connectivity index (χ3v) is 4.34. The smallest absolute Gasteiger partial charge is 0.335 e. The maximum atomic E-state index is 11.6. The lowest BCUT2D eigenvalue weighted by atomic mass is 9.93. The van der Waals surface area contributed by atoms with E-state index in [-0.39, 0.29) is 5.92 Å². The fourth-order valence-corrected chi connectivity index (χ4v) is 2.76. The highest BCUT2D eigenvalue weighted by Crippen LogP contribution is 2.23. The SMILES string of the molecule is C=C(C)C(=O)OC(O)C(CCCCCC)CCCCCCCC. The van der Waals surface area contributed by atoms with E-state index in [9.17, 15) is 9.90 Å². The van der Waals surface area contributed by atoms with Crippen LogP contribution in [0.15, 0.2) is 12.2 Å². The molecular weight excluding hydrogens is 288 g/mol. The van der Waals surface area contributed by atoms with E-state index in [2.05, 4.69) is 20.4 Å². The maximum absolute atomic E-state index is 11.6. The Kier molecular flexibility index (Phi) is 14.2. The summed E-state index contributed by atoms with van der Waals surface area (Å²) < 4.78 is 5.14. The fourth-order valence-electron chi connectivity index (χ4n) is 2.76. The van der Waals surface area contributed by atoms with Crippen LogP contribution in [0.4, 0.5) is 0 Å². The summed E-state index contributed by atoms with van der Waals surface area (Å²) in [6, 6.07) is 0. The molecule has 0 rings (SSSR count). The predicted molar refractivity (Wildman–Crippen MR) is 97.2 cm³/mol. The highest BCUT2D eigenvalue weighted by molar-refractivity contribution is 5.87. The monoisotopic (exact) mass is 326 g/mol. The van der Waals surface area contributed by atoms with Gasteiger partial charge in [0.25, 0.3) is 0 Å². The van der Waals surface area contributed by atoms with Crippen LogP contribution in [0.5, 0.6) is 0 Å². The Morgan fingerprint density at radius 3 is 1.83 bits per heavy atom. The van der Waals surface area contributed by atoms with Gasteiger partial charge in [0.2, 0.25) is 6.29 Å². The van der Waals surface area contributed by atoms with Gasteiger partial charge < -0.3 is 9.84 Å². The minimum atomic E-state index is -0.989. The summed E-state index contributed by atoms with van der Waals surface area (Å²) in [6.45, 7) is 9.60. The summed E-state index contributed by atoms with van der Waals surface area (Å²) in [5.41, 5.74) is 0.341. The number of hydrogen-bond donors (Lipinski definition) is 1. The second-order valence-corrected chi connectivity index (χ2v) is 6.74. The average molecular weight is 327 g/mol. The van der Waals surface area contributed by atoms with Crippen molar-refractivity contribution in [2.45, 2.75) is 104 Å². The molecule has 0 amide bonds. The van der Waals surface area contributed by atoms with E-state index in [1.165, 1.54) is 51.4 Å². The third kappa shape index (κ3) is 12.3. The molecule has 0 saturated carbocycles. The first-order valence-corrected chi connectivity index (χ1v) is 9.57. The van der Waals surface area contributed by atoms with Crippen molar-refractivity contribution in [3.63, 3.8) is 0 Å². The van der Waals surface area contributed by atoms with Crippen molar-refractivity contribution < 1.29 is 14.6 Å². The van der Waals surface area contributed by atoms with Crippen molar-refractivity contribution in [3.05, 3.63) is 12.2 Å². The molecule has 0 saturated heterocycles. The van der Waals surface area contributed by atoms with Crippen LogP contribution >= 0.6 is 0 Å². The van der Waals surface area contributed by atoms with Gasteiger partial charge >= 0.3 is 5.97 Å². The van der Waals surface area contributed by atoms with Crippen LogP contribution in [0.3, 0.4) is 0 Å². The third-order valence-electron chi connectivity index (χ3n) is 4.34. The maximum Gasteiger partial charge on any atom is 0.335 e. The molecule has 0 aromatic carbocycles. The Morgan fingerprint density at radius 1 is 0.913 bits per heavy atom. The molecular formula is C20H38O3. The standard InChI is InChI=1S/C20H38O3/c1-5-7-9-11-12-14-16-18(15-13-10-8-6-2)20(22)23-19(21)17(3)4/h18,20,22H,3,5-16H2,1-2,4H3. The van der Waals surface area contributed by atoms with Crippen LogP contribution in [0.2, 0.25) is 0 Å². The van der Waals surface area contributed by atoms with Crippen LogP contribution in [-0.2, 0) is 9.53 Å². The second kappa shape index (κ2) is 14.7. The Labute approximate surface area is 143 Å². The molecule has 0 aromatic rings. The normalized spacial score (nSPS) is 13.6. The van der Waals surface area contributed by atoms with Crippen LogP contribution in [0, 0.1) is 5.92 Å². The number of hydrogen-bond acceptors (Lipinski definition) is 3. The van der Waals surface area contributed by atoms with Crippen molar-refractivity contribution in [2.75, 3.05) is 0 Å². The molecule has 0 spiro atoms. The van der Waals surface area contributed by atoms with Gasteiger partial charge in [0.1, 0.15) is 0 Å². The summed E-state index contributed by atoms with van der Waals surface area (Å²) in [5.74, 6) is -0.430. The molecule has 0 bridgehead atoms. The van der Waals surface area contributed by atoms with Crippen LogP contribution in [0.25, 0.3) is 0 Å². The number of rotatable bonds is 15. The molecule has 1 N–H and O–H groups in total. The van der Waals surface area contributed by atoms with Crippen LogP contribution in [0.1, 0.15) is 97.8 Å². The molecule has 3 heteroatoms. The van der Waals surface area contributed by atoms with Gasteiger partial charge in [-0.15, -0.1) is 0 Å². The van der Waals surface area contributed by atoms with E-state index in [0.29, 0.717) is 5.57 Å². The lowest BCUT2D eigenvalue weighted by Crippen LogP contribution is -2.27. The molecule has 0 fully saturated rings. The zero-order chi connectivity index (χ0) is 17.5. The molecule has 23 heavy (non-hydrogen) atoms. The van der Waals surface area contributed by atoms with E-state index in [0.717, 1.165) is 25.7 Å². The zero-order valence-electron chi connectivity index (χ0n) is 15.6. The molecule has 0 aromatic heterocycles. The average Bonchev–Trinajstić information content (AvgIpc) is 2.52. The summed E-state index contributed by atoms with van der Waals surface area (Å²) >= 11 is 0. The molecule has 2 unspecified atom stereocenters. The molecule has 0 aliphatic rings. The zero-order valence-corrected chi connectivity index (χ0v) is 15.6. The topological polar surface area (TPSA) is 46.5 Å². The van der Waals surface area contributed by atoms with E-state index in [4.69, 9.17) is 4.74 Å². The Hall–Kier alpha value is -0.830. The molecule has 0 aliphatic heterocycles. The largest absolute Gasteiger partial charge is 0.432 e. The molecule has 136 valence electrons. The number of unbranched alkanes of at least 4 members (excludes halogenated alkanes) is 8. The lowest BCUT2D eigenvalue weighted by Gasteiger charge is -2.23. The number of esters is 1. The molecule has 3 nitrogen and oxygen atoms in total. The van der Waals surface area contributed by atoms with Crippen molar-refractivity contribution in [1.29, 1.82) is 0 Å². The predicted octanol–water partition coefficient (Wildman–Crippen LogP) is 5.76. The van der Waals surface area contributed by atoms with E-state index in [1.54, 1.807) is 6.92 Å². The van der Waals surface area contributed by atoms with Gasteiger partial charge in [-0.05, 0) is 19.8 Å². The summed E-state index contributed by atoms with van der Waals surface area (Å²) in [7, 11) is 0. The van der Waals surface area contributed by atoms with E-state index in [1.807, 2.05) is 0 Å². The highest BCUT2D eigenvalue weighted by atomic mass is 16.6. The number of ether oxygens (including phenoxy) is 1. The minimum Gasteiger partial charge on any atom is -0.432 e. The van der Waals surface area contributed by atoms with Gasteiger partial charge in [0.05, 0.1) is 0 Å². The van der Waals surface area contributed by atoms with Gasteiger partial charge in [-0.1, -0.05) is 84.6 Å². The molecule has 0 radical (unpaired) electrons. The molecule has 0 heterocycles. The summed E-state index contributed by atoms with van der Waals surface area (Å²) in [5, 5.41) is 10.2. The van der Waals surface area contributed by atoms with Gasteiger partial charge in [-0.25, -0.2) is 4.79 Å². The van der Waals surface area contributed by atoms with Crippen molar-refractivity contribution in [2.24, 2.45) is 5.92 Å². The molecule has 2 atom stereocenters. The highest BCUT2D eigenvalue weighted by Gasteiger charge is 2.22. The van der Waals surface area contributed by atoms with Crippen LogP contribution in [-0.4, -0.2) is 17.4 Å². The van der Waals surface area contributed by atoms with E-state index >= 15 is 0 Å². The number of aliphatic hydroxyl groups excluding tert-OH is 1.